The van der Waals surface area contributed by atoms with E-state index in [0.717, 1.165) is 19.5 Å². The number of hydrogen-bond donors (Lipinski definition) is 3. The first-order valence-electron chi connectivity index (χ1n) is 7.62. The summed E-state index contributed by atoms with van der Waals surface area (Å²) in [4.78, 5) is 24.4. The van der Waals surface area contributed by atoms with Gasteiger partial charge in [0.15, 0.2) is 0 Å². The summed E-state index contributed by atoms with van der Waals surface area (Å²) in [6.07, 6.45) is 0.849. The highest BCUT2D eigenvalue weighted by Crippen LogP contribution is 2.16. The van der Waals surface area contributed by atoms with E-state index in [1.54, 1.807) is 0 Å². The number of piperidine rings is 1. The van der Waals surface area contributed by atoms with Gasteiger partial charge in [-0.25, -0.2) is 0 Å². The number of nitrogens with two attached hydrogens (primary N) is 1. The maximum absolute atomic E-state index is 12.3. The summed E-state index contributed by atoms with van der Waals surface area (Å²) in [7, 11) is 0. The van der Waals surface area contributed by atoms with E-state index in [4.69, 9.17) is 0 Å². The highest BCUT2D eigenvalue weighted by Gasteiger charge is 2.36. The predicted molar refractivity (Wildman–Crippen MR) is 79.0 cm³/mol. The fraction of sp³-hybridized carbons (Fsp3) is 0.867. The van der Waals surface area contributed by atoms with Gasteiger partial charge in [-0.05, 0) is 5.92 Å². The van der Waals surface area contributed by atoms with Crippen LogP contribution < -0.4 is 16.0 Å². The molecule has 20 heavy (non-hydrogen) atoms. The van der Waals surface area contributed by atoms with Crippen LogP contribution >= 0.6 is 0 Å². The highest BCUT2D eigenvalue weighted by molar-refractivity contribution is 5.84. The first kappa shape index (κ1) is 17.0. The minimum Gasteiger partial charge on any atom is -0.355 e. The fourth-order valence-electron chi connectivity index (χ4n) is 2.24. The standard InChI is InChI=1S/C15H29N3O2/c1-10(2)8-17-13(19)11-9-16-7-6-12(11)18-14(20)15(3,4)5/h10-12,16H,6-9H2,1-5H3,(H,17,19)(H,18,20)/p+1/t11-,12-/m1/s1. The molecule has 5 heteroatoms. The van der Waals surface area contributed by atoms with Crippen LogP contribution in [0.2, 0.25) is 0 Å². The minimum atomic E-state index is -0.417. The molecule has 0 bridgehead atoms. The van der Waals surface area contributed by atoms with E-state index in [2.05, 4.69) is 29.8 Å². The molecular formula is C15H30N3O2+. The van der Waals surface area contributed by atoms with E-state index in [9.17, 15) is 9.59 Å². The number of carbonyl (C=O) groups excluding carboxylic acids is 2. The molecule has 0 spiro atoms. The van der Waals surface area contributed by atoms with E-state index in [1.165, 1.54) is 0 Å². The largest absolute Gasteiger partial charge is 0.355 e. The third-order valence-electron chi connectivity index (χ3n) is 3.61. The molecule has 1 rings (SSSR count). The lowest BCUT2D eigenvalue weighted by Gasteiger charge is -2.32. The van der Waals surface area contributed by atoms with Gasteiger partial charge < -0.3 is 16.0 Å². The second-order valence-corrected chi connectivity index (χ2v) is 7.18. The molecule has 0 saturated carbocycles. The zero-order valence-electron chi connectivity index (χ0n) is 13.5. The molecule has 0 radical (unpaired) electrons. The van der Waals surface area contributed by atoms with Crippen molar-refractivity contribution in [3.63, 3.8) is 0 Å². The number of rotatable bonds is 4. The molecule has 0 aromatic heterocycles. The molecule has 2 amide bonds. The van der Waals surface area contributed by atoms with Crippen molar-refractivity contribution in [2.45, 2.75) is 47.1 Å². The smallest absolute Gasteiger partial charge is 0.230 e. The maximum atomic E-state index is 12.3. The van der Waals surface area contributed by atoms with Crippen molar-refractivity contribution in [2.75, 3.05) is 19.6 Å². The third kappa shape index (κ3) is 5.12. The Morgan fingerprint density at radius 1 is 1.30 bits per heavy atom. The summed E-state index contributed by atoms with van der Waals surface area (Å²) in [5.74, 6) is 0.392. The summed E-state index contributed by atoms with van der Waals surface area (Å²) in [5, 5.41) is 8.19. The molecule has 0 unspecified atom stereocenters. The van der Waals surface area contributed by atoms with Gasteiger partial charge in [-0.3, -0.25) is 9.59 Å². The molecule has 1 heterocycles. The van der Waals surface area contributed by atoms with Crippen molar-refractivity contribution < 1.29 is 14.9 Å². The van der Waals surface area contributed by atoms with Crippen molar-refractivity contribution in [3.05, 3.63) is 0 Å². The van der Waals surface area contributed by atoms with Crippen LogP contribution in [0, 0.1) is 17.3 Å². The Balaban J connectivity index is 2.62. The predicted octanol–water partition coefficient (Wildman–Crippen LogP) is -0.127. The summed E-state index contributed by atoms with van der Waals surface area (Å²) in [6, 6.07) is -0.0427. The van der Waals surface area contributed by atoms with Gasteiger partial charge in [-0.15, -0.1) is 0 Å². The van der Waals surface area contributed by atoms with Crippen LogP contribution in [0.5, 0.6) is 0 Å². The van der Waals surface area contributed by atoms with Crippen LogP contribution in [0.3, 0.4) is 0 Å². The summed E-state index contributed by atoms with van der Waals surface area (Å²) < 4.78 is 0. The normalized spacial score (nSPS) is 23.5. The lowest BCUT2D eigenvalue weighted by atomic mass is 9.89. The molecular weight excluding hydrogens is 254 g/mol. The van der Waals surface area contributed by atoms with Crippen LogP contribution in [0.15, 0.2) is 0 Å². The zero-order chi connectivity index (χ0) is 15.3. The van der Waals surface area contributed by atoms with Gasteiger partial charge in [-0.2, -0.15) is 0 Å². The zero-order valence-corrected chi connectivity index (χ0v) is 13.5. The molecule has 5 nitrogen and oxygen atoms in total. The molecule has 0 aromatic rings. The van der Waals surface area contributed by atoms with Gasteiger partial charge in [0.25, 0.3) is 0 Å². The first-order chi connectivity index (χ1) is 9.21. The Bertz CT molecular complexity index is 348. The van der Waals surface area contributed by atoms with E-state index >= 15 is 0 Å². The number of amides is 2. The molecule has 1 fully saturated rings. The van der Waals surface area contributed by atoms with Crippen LogP contribution in [-0.4, -0.2) is 37.5 Å². The minimum absolute atomic E-state index is 0.0195. The average molecular weight is 284 g/mol. The molecule has 2 atom stereocenters. The Morgan fingerprint density at radius 3 is 2.50 bits per heavy atom. The maximum Gasteiger partial charge on any atom is 0.230 e. The monoisotopic (exact) mass is 284 g/mol. The molecule has 1 aliphatic heterocycles. The Kier molecular flexibility index (Phi) is 5.99. The quantitative estimate of drug-likeness (QED) is 0.673. The van der Waals surface area contributed by atoms with Crippen molar-refractivity contribution in [1.82, 2.24) is 10.6 Å². The average Bonchev–Trinajstić information content (AvgIpc) is 2.35. The van der Waals surface area contributed by atoms with Crippen molar-refractivity contribution in [3.8, 4) is 0 Å². The van der Waals surface area contributed by atoms with Gasteiger partial charge >= 0.3 is 0 Å². The van der Waals surface area contributed by atoms with Crippen molar-refractivity contribution in [1.29, 1.82) is 0 Å². The van der Waals surface area contributed by atoms with Gasteiger partial charge in [0, 0.05) is 18.4 Å². The van der Waals surface area contributed by atoms with Crippen molar-refractivity contribution >= 4 is 11.8 Å². The lowest BCUT2D eigenvalue weighted by molar-refractivity contribution is -0.667. The number of nitrogens with one attached hydrogen (secondary N) is 2. The van der Waals surface area contributed by atoms with Gasteiger partial charge in [0.2, 0.25) is 11.8 Å². The lowest BCUT2D eigenvalue weighted by Crippen LogP contribution is -2.90. The molecule has 1 aliphatic rings. The molecule has 116 valence electrons. The van der Waals surface area contributed by atoms with Crippen molar-refractivity contribution in [2.24, 2.45) is 17.3 Å². The van der Waals surface area contributed by atoms with E-state index < -0.39 is 5.41 Å². The van der Waals surface area contributed by atoms with E-state index in [-0.39, 0.29) is 23.8 Å². The fourth-order valence-corrected chi connectivity index (χ4v) is 2.24. The molecule has 4 N–H and O–H groups in total. The third-order valence-corrected chi connectivity index (χ3v) is 3.61. The molecule has 0 aliphatic carbocycles. The van der Waals surface area contributed by atoms with E-state index in [0.29, 0.717) is 12.5 Å². The van der Waals surface area contributed by atoms with Crippen LogP contribution in [-0.2, 0) is 9.59 Å². The van der Waals surface area contributed by atoms with Gasteiger partial charge in [0.1, 0.15) is 5.92 Å². The van der Waals surface area contributed by atoms with Crippen LogP contribution in [0.1, 0.15) is 41.0 Å². The summed E-state index contributed by atoms with van der Waals surface area (Å²) in [5.41, 5.74) is -0.417. The number of hydrogen-bond acceptors (Lipinski definition) is 2. The van der Waals surface area contributed by atoms with E-state index in [1.807, 2.05) is 20.8 Å². The number of quaternary nitrogens is 1. The van der Waals surface area contributed by atoms with Gasteiger partial charge in [-0.1, -0.05) is 34.6 Å². The Labute approximate surface area is 122 Å². The second kappa shape index (κ2) is 7.07. The first-order valence-corrected chi connectivity index (χ1v) is 7.62. The molecule has 0 aromatic carbocycles. The number of carbonyl (C=O) groups is 2. The Morgan fingerprint density at radius 2 is 1.95 bits per heavy atom. The SMILES string of the molecule is CC(C)CNC(=O)[C@@H]1C[NH2+]CC[C@H]1NC(=O)C(C)(C)C. The summed E-state index contributed by atoms with van der Waals surface area (Å²) in [6.45, 7) is 12.2. The van der Waals surface area contributed by atoms with Crippen LogP contribution in [0.4, 0.5) is 0 Å². The topological polar surface area (TPSA) is 74.8 Å². The highest BCUT2D eigenvalue weighted by atomic mass is 16.2. The summed E-state index contributed by atoms with van der Waals surface area (Å²) >= 11 is 0. The Hall–Kier alpha value is -1.10. The molecule has 1 saturated heterocycles. The van der Waals surface area contributed by atoms with Gasteiger partial charge in [0.05, 0.1) is 19.1 Å². The second-order valence-electron chi connectivity index (χ2n) is 7.18. The van der Waals surface area contributed by atoms with Crippen LogP contribution in [0.25, 0.3) is 0 Å².